The topological polar surface area (TPSA) is 12.0 Å². The van der Waals surface area contributed by atoms with Gasteiger partial charge >= 0.3 is 0 Å². The quantitative estimate of drug-likeness (QED) is 0.883. The fraction of sp³-hybridized carbons (Fsp3) is 0.250. The normalized spacial score (nSPS) is 12.5. The second-order valence-corrected chi connectivity index (χ2v) is 4.70. The minimum Gasteiger partial charge on any atom is -0.309 e. The van der Waals surface area contributed by atoms with Gasteiger partial charge in [-0.05, 0) is 55.8 Å². The van der Waals surface area contributed by atoms with Crippen LogP contribution in [-0.2, 0) is 0 Å². The molecule has 1 nitrogen and oxygen atoms in total. The highest BCUT2D eigenvalue weighted by atomic mass is 19.1. The van der Waals surface area contributed by atoms with Crippen LogP contribution < -0.4 is 5.32 Å². The molecule has 19 heavy (non-hydrogen) atoms. The first kappa shape index (κ1) is 13.7. The van der Waals surface area contributed by atoms with E-state index in [0.717, 1.165) is 16.7 Å². The molecular weight excluding hydrogens is 244 g/mol. The first-order valence-electron chi connectivity index (χ1n) is 6.23. The van der Waals surface area contributed by atoms with E-state index in [4.69, 9.17) is 0 Å². The Labute approximate surface area is 112 Å². The first-order chi connectivity index (χ1) is 9.04. The van der Waals surface area contributed by atoms with E-state index < -0.39 is 0 Å². The van der Waals surface area contributed by atoms with E-state index >= 15 is 0 Å². The van der Waals surface area contributed by atoms with Gasteiger partial charge in [-0.25, -0.2) is 8.78 Å². The van der Waals surface area contributed by atoms with Crippen LogP contribution in [0.3, 0.4) is 0 Å². The summed E-state index contributed by atoms with van der Waals surface area (Å²) in [6, 6.07) is 9.34. The average molecular weight is 261 g/mol. The van der Waals surface area contributed by atoms with E-state index in [-0.39, 0.29) is 17.7 Å². The summed E-state index contributed by atoms with van der Waals surface area (Å²) in [6.45, 7) is 3.69. The van der Waals surface area contributed by atoms with Gasteiger partial charge in [0.1, 0.15) is 11.6 Å². The van der Waals surface area contributed by atoms with Gasteiger partial charge in [0.2, 0.25) is 0 Å². The summed E-state index contributed by atoms with van der Waals surface area (Å²) >= 11 is 0. The lowest BCUT2D eigenvalue weighted by molar-refractivity contribution is 0.572. The SMILES string of the molecule is CNC(c1ccccc1F)c1c(C)cc(F)cc1C. The van der Waals surface area contributed by atoms with Gasteiger partial charge in [0, 0.05) is 5.56 Å². The largest absolute Gasteiger partial charge is 0.309 e. The molecule has 3 heteroatoms. The van der Waals surface area contributed by atoms with E-state index in [2.05, 4.69) is 5.32 Å². The Hall–Kier alpha value is -1.74. The van der Waals surface area contributed by atoms with Crippen LogP contribution in [0.25, 0.3) is 0 Å². The van der Waals surface area contributed by atoms with E-state index in [9.17, 15) is 8.78 Å². The summed E-state index contributed by atoms with van der Waals surface area (Å²) < 4.78 is 27.3. The van der Waals surface area contributed by atoms with Crippen molar-refractivity contribution in [2.45, 2.75) is 19.9 Å². The number of hydrogen-bond acceptors (Lipinski definition) is 1. The number of aryl methyl sites for hydroxylation is 2. The van der Waals surface area contributed by atoms with Crippen LogP contribution in [0.15, 0.2) is 36.4 Å². The van der Waals surface area contributed by atoms with Crippen molar-refractivity contribution in [3.05, 3.63) is 70.3 Å². The van der Waals surface area contributed by atoms with Gasteiger partial charge in [-0.1, -0.05) is 18.2 Å². The molecule has 0 fully saturated rings. The minimum absolute atomic E-state index is 0.259. The lowest BCUT2D eigenvalue weighted by atomic mass is 9.91. The summed E-state index contributed by atoms with van der Waals surface area (Å²) in [4.78, 5) is 0. The van der Waals surface area contributed by atoms with Gasteiger partial charge < -0.3 is 5.32 Å². The number of rotatable bonds is 3. The molecule has 1 unspecified atom stereocenters. The Bertz CT molecular complexity index is 570. The summed E-state index contributed by atoms with van der Waals surface area (Å²) in [6.07, 6.45) is 0. The molecule has 0 aliphatic rings. The molecule has 0 spiro atoms. The van der Waals surface area contributed by atoms with Crippen molar-refractivity contribution in [1.82, 2.24) is 5.32 Å². The highest BCUT2D eigenvalue weighted by Crippen LogP contribution is 2.29. The summed E-state index contributed by atoms with van der Waals surface area (Å²) in [7, 11) is 1.78. The van der Waals surface area contributed by atoms with Crippen LogP contribution in [0.2, 0.25) is 0 Å². The smallest absolute Gasteiger partial charge is 0.128 e. The maximum absolute atomic E-state index is 13.9. The molecule has 0 amide bonds. The average Bonchev–Trinajstić information content (AvgIpc) is 2.34. The molecule has 0 aliphatic carbocycles. The predicted octanol–water partition coefficient (Wildman–Crippen LogP) is 3.89. The third-order valence-electron chi connectivity index (χ3n) is 3.35. The molecule has 0 aromatic heterocycles. The lowest BCUT2D eigenvalue weighted by Gasteiger charge is -2.22. The highest BCUT2D eigenvalue weighted by molar-refractivity contribution is 5.42. The lowest BCUT2D eigenvalue weighted by Crippen LogP contribution is -2.21. The van der Waals surface area contributed by atoms with Gasteiger partial charge in [-0.15, -0.1) is 0 Å². The van der Waals surface area contributed by atoms with Gasteiger partial charge in [-0.3, -0.25) is 0 Å². The fourth-order valence-corrected chi connectivity index (χ4v) is 2.54. The second-order valence-electron chi connectivity index (χ2n) is 4.70. The molecule has 0 heterocycles. The predicted molar refractivity (Wildman–Crippen MR) is 73.2 cm³/mol. The van der Waals surface area contributed by atoms with Crippen LogP contribution in [0.5, 0.6) is 0 Å². The van der Waals surface area contributed by atoms with Crippen molar-refractivity contribution in [3.8, 4) is 0 Å². The third-order valence-corrected chi connectivity index (χ3v) is 3.35. The Morgan fingerprint density at radius 3 is 2.11 bits per heavy atom. The van der Waals surface area contributed by atoms with Gasteiger partial charge in [0.25, 0.3) is 0 Å². The maximum Gasteiger partial charge on any atom is 0.128 e. The summed E-state index contributed by atoms with van der Waals surface area (Å²) in [5, 5.41) is 3.11. The van der Waals surface area contributed by atoms with Crippen molar-refractivity contribution < 1.29 is 8.78 Å². The zero-order valence-electron chi connectivity index (χ0n) is 11.3. The molecule has 2 aromatic rings. The summed E-state index contributed by atoms with van der Waals surface area (Å²) in [5.41, 5.74) is 3.14. The first-order valence-corrected chi connectivity index (χ1v) is 6.23. The number of benzene rings is 2. The van der Waals surface area contributed by atoms with Crippen molar-refractivity contribution in [1.29, 1.82) is 0 Å². The van der Waals surface area contributed by atoms with Crippen molar-refractivity contribution in [3.63, 3.8) is 0 Å². The van der Waals surface area contributed by atoms with Crippen molar-refractivity contribution >= 4 is 0 Å². The zero-order valence-corrected chi connectivity index (χ0v) is 11.3. The van der Waals surface area contributed by atoms with Gasteiger partial charge in [-0.2, -0.15) is 0 Å². The van der Waals surface area contributed by atoms with E-state index in [1.807, 2.05) is 13.8 Å². The fourth-order valence-electron chi connectivity index (χ4n) is 2.54. The minimum atomic E-state index is -0.276. The van der Waals surface area contributed by atoms with Crippen molar-refractivity contribution in [2.24, 2.45) is 0 Å². The zero-order chi connectivity index (χ0) is 14.0. The molecule has 0 bridgehead atoms. The Kier molecular flexibility index (Phi) is 3.96. The van der Waals surface area contributed by atoms with Gasteiger partial charge in [0.15, 0.2) is 0 Å². The highest BCUT2D eigenvalue weighted by Gasteiger charge is 2.20. The maximum atomic E-state index is 13.9. The summed E-state index contributed by atoms with van der Waals surface area (Å²) in [5.74, 6) is -0.521. The van der Waals surface area contributed by atoms with Crippen LogP contribution in [0.1, 0.15) is 28.3 Å². The van der Waals surface area contributed by atoms with Crippen LogP contribution >= 0.6 is 0 Å². The third kappa shape index (κ3) is 2.66. The van der Waals surface area contributed by atoms with Crippen LogP contribution in [0.4, 0.5) is 8.78 Å². The molecule has 0 saturated heterocycles. The Balaban J connectivity index is 2.58. The van der Waals surface area contributed by atoms with Crippen LogP contribution in [-0.4, -0.2) is 7.05 Å². The molecule has 0 saturated carbocycles. The van der Waals surface area contributed by atoms with E-state index in [1.54, 1.807) is 25.2 Å². The Morgan fingerprint density at radius 1 is 1.00 bits per heavy atom. The van der Waals surface area contributed by atoms with Crippen molar-refractivity contribution in [2.75, 3.05) is 7.05 Å². The standard InChI is InChI=1S/C16H17F2N/c1-10-8-12(17)9-11(2)15(10)16(19-3)13-6-4-5-7-14(13)18/h4-9,16,19H,1-3H3. The monoisotopic (exact) mass is 261 g/mol. The van der Waals surface area contributed by atoms with E-state index in [0.29, 0.717) is 5.56 Å². The van der Waals surface area contributed by atoms with Gasteiger partial charge in [0.05, 0.1) is 6.04 Å². The molecule has 0 aliphatic heterocycles. The molecule has 2 rings (SSSR count). The molecule has 100 valence electrons. The number of halogens is 2. The molecule has 2 aromatic carbocycles. The number of hydrogen-bond donors (Lipinski definition) is 1. The van der Waals surface area contributed by atoms with Crippen LogP contribution in [0, 0.1) is 25.5 Å². The number of nitrogens with one attached hydrogen (secondary N) is 1. The molecule has 1 atom stereocenters. The molecule has 0 radical (unpaired) electrons. The molecule has 1 N–H and O–H groups in total. The molecular formula is C16H17F2N. The second kappa shape index (κ2) is 5.49. The van der Waals surface area contributed by atoms with E-state index in [1.165, 1.54) is 18.2 Å². The Morgan fingerprint density at radius 2 is 1.58 bits per heavy atom.